The molecule has 0 unspecified atom stereocenters. The molecule has 0 saturated carbocycles. The predicted molar refractivity (Wildman–Crippen MR) is 59.4 cm³/mol. The lowest BCUT2D eigenvalue weighted by Gasteiger charge is -2.07. The number of aromatic nitrogens is 3. The van der Waals surface area contributed by atoms with Crippen molar-refractivity contribution in [2.75, 3.05) is 6.26 Å². The quantitative estimate of drug-likeness (QED) is 0.715. The highest BCUT2D eigenvalue weighted by atomic mass is 32.2. The molecule has 15 heavy (non-hydrogen) atoms. The van der Waals surface area contributed by atoms with Crippen molar-refractivity contribution in [3.8, 4) is 5.69 Å². The van der Waals surface area contributed by atoms with Gasteiger partial charge in [-0.3, -0.25) is 0 Å². The third-order valence-electron chi connectivity index (χ3n) is 1.92. The molecule has 0 fully saturated rings. The molecule has 1 aromatic carbocycles. The van der Waals surface area contributed by atoms with Crippen LogP contribution in [-0.2, 0) is 0 Å². The summed E-state index contributed by atoms with van der Waals surface area (Å²) in [6.45, 7) is 0. The van der Waals surface area contributed by atoms with Crippen molar-refractivity contribution in [3.05, 3.63) is 47.1 Å². The first kappa shape index (κ1) is 9.92. The summed E-state index contributed by atoms with van der Waals surface area (Å²) < 4.78 is 1.49. The molecule has 5 heteroatoms. The van der Waals surface area contributed by atoms with E-state index in [1.807, 2.05) is 36.6 Å². The van der Waals surface area contributed by atoms with Gasteiger partial charge in [-0.15, -0.1) is 0 Å². The minimum absolute atomic E-state index is 0.305. The average Bonchev–Trinajstić information content (AvgIpc) is 2.29. The molecule has 2 rings (SSSR count). The van der Waals surface area contributed by atoms with Crippen molar-refractivity contribution in [1.29, 1.82) is 0 Å². The van der Waals surface area contributed by atoms with Gasteiger partial charge in [0.1, 0.15) is 6.33 Å². The van der Waals surface area contributed by atoms with Gasteiger partial charge in [-0.1, -0.05) is 30.0 Å². The Bertz CT molecular complexity index is 510. The Morgan fingerprint density at radius 3 is 2.60 bits per heavy atom. The molecule has 1 heterocycles. The first-order chi connectivity index (χ1) is 7.33. The fraction of sp³-hybridized carbons (Fsp3) is 0.100. The second kappa shape index (κ2) is 4.27. The Kier molecular flexibility index (Phi) is 2.82. The molecule has 0 bridgehead atoms. The van der Waals surface area contributed by atoms with Gasteiger partial charge < -0.3 is 0 Å². The SMILES string of the molecule is CSc1ncnc(=O)n1-c1ccccc1. The molecule has 0 aliphatic rings. The number of nitrogens with zero attached hydrogens (tertiary/aromatic N) is 3. The van der Waals surface area contributed by atoms with Crippen LogP contribution in [0.2, 0.25) is 0 Å². The number of benzene rings is 1. The van der Waals surface area contributed by atoms with Crippen molar-refractivity contribution >= 4 is 11.8 Å². The van der Waals surface area contributed by atoms with Gasteiger partial charge in [-0.2, -0.15) is 4.98 Å². The summed E-state index contributed by atoms with van der Waals surface area (Å²) in [6.07, 6.45) is 3.16. The van der Waals surface area contributed by atoms with Crippen molar-refractivity contribution < 1.29 is 0 Å². The van der Waals surface area contributed by atoms with E-state index >= 15 is 0 Å². The Labute approximate surface area is 91.0 Å². The maximum Gasteiger partial charge on any atom is 0.355 e. The fourth-order valence-corrected chi connectivity index (χ4v) is 1.79. The van der Waals surface area contributed by atoms with Crippen LogP contribution < -0.4 is 5.69 Å². The second-order valence-corrected chi connectivity index (χ2v) is 3.59. The highest BCUT2D eigenvalue weighted by Gasteiger charge is 2.06. The summed E-state index contributed by atoms with van der Waals surface area (Å²) in [5.41, 5.74) is 0.480. The molecule has 1 aromatic heterocycles. The lowest BCUT2D eigenvalue weighted by molar-refractivity contribution is 0.745. The Morgan fingerprint density at radius 1 is 1.20 bits per heavy atom. The van der Waals surface area contributed by atoms with E-state index in [4.69, 9.17) is 0 Å². The zero-order valence-electron chi connectivity index (χ0n) is 8.12. The van der Waals surface area contributed by atoms with Crippen LogP contribution in [0.4, 0.5) is 0 Å². The smallest absolute Gasteiger partial charge is 0.245 e. The largest absolute Gasteiger partial charge is 0.355 e. The van der Waals surface area contributed by atoms with E-state index in [0.717, 1.165) is 5.69 Å². The maximum absolute atomic E-state index is 11.6. The molecule has 0 saturated heterocycles. The summed E-state index contributed by atoms with van der Waals surface area (Å²) in [5.74, 6) is 0. The van der Waals surface area contributed by atoms with Crippen molar-refractivity contribution in [2.24, 2.45) is 0 Å². The highest BCUT2D eigenvalue weighted by Crippen LogP contribution is 2.13. The third-order valence-corrected chi connectivity index (χ3v) is 2.57. The van der Waals surface area contributed by atoms with Gasteiger partial charge in [-0.25, -0.2) is 14.3 Å². The average molecular weight is 219 g/mol. The van der Waals surface area contributed by atoms with Gasteiger partial charge in [0.15, 0.2) is 5.16 Å². The van der Waals surface area contributed by atoms with Crippen LogP contribution in [0, 0.1) is 0 Å². The van der Waals surface area contributed by atoms with Crippen molar-refractivity contribution in [3.63, 3.8) is 0 Å². The monoisotopic (exact) mass is 219 g/mol. The van der Waals surface area contributed by atoms with Gasteiger partial charge >= 0.3 is 5.69 Å². The molecule has 0 spiro atoms. The number of rotatable bonds is 2. The van der Waals surface area contributed by atoms with Crippen molar-refractivity contribution in [2.45, 2.75) is 5.16 Å². The second-order valence-electron chi connectivity index (χ2n) is 2.81. The summed E-state index contributed by atoms with van der Waals surface area (Å²) >= 11 is 1.42. The Morgan fingerprint density at radius 2 is 1.93 bits per heavy atom. The Hall–Kier alpha value is -1.62. The van der Waals surface area contributed by atoms with E-state index in [1.165, 1.54) is 22.7 Å². The summed E-state index contributed by atoms with van der Waals surface area (Å²) in [4.78, 5) is 19.3. The predicted octanol–water partition coefficient (Wildman–Crippen LogP) is 1.35. The number of hydrogen-bond donors (Lipinski definition) is 0. The van der Waals surface area contributed by atoms with E-state index in [-0.39, 0.29) is 5.69 Å². The third kappa shape index (κ3) is 1.92. The minimum Gasteiger partial charge on any atom is -0.245 e. The van der Waals surface area contributed by atoms with E-state index in [9.17, 15) is 4.79 Å². The van der Waals surface area contributed by atoms with Crippen molar-refractivity contribution in [1.82, 2.24) is 14.5 Å². The first-order valence-corrected chi connectivity index (χ1v) is 5.59. The fourth-order valence-electron chi connectivity index (χ4n) is 1.27. The van der Waals surface area contributed by atoms with Gasteiger partial charge in [0.2, 0.25) is 0 Å². The van der Waals surface area contributed by atoms with E-state index in [2.05, 4.69) is 9.97 Å². The number of para-hydroxylation sites is 1. The van der Waals surface area contributed by atoms with E-state index in [1.54, 1.807) is 0 Å². The zero-order chi connectivity index (χ0) is 10.7. The van der Waals surface area contributed by atoms with Crippen LogP contribution in [0.1, 0.15) is 0 Å². The van der Waals surface area contributed by atoms with Gasteiger partial charge in [-0.05, 0) is 18.4 Å². The molecule has 0 aliphatic carbocycles. The van der Waals surface area contributed by atoms with Crippen LogP contribution in [0.25, 0.3) is 5.69 Å². The molecule has 0 N–H and O–H groups in total. The molecule has 0 aliphatic heterocycles. The Balaban J connectivity index is 2.67. The van der Waals surface area contributed by atoms with Crippen LogP contribution in [0.15, 0.2) is 46.6 Å². The van der Waals surface area contributed by atoms with Crippen LogP contribution in [-0.4, -0.2) is 20.8 Å². The molecule has 4 nitrogen and oxygen atoms in total. The lowest BCUT2D eigenvalue weighted by Crippen LogP contribution is -2.23. The molecule has 2 aromatic rings. The molecule has 0 amide bonds. The number of thioether (sulfide) groups is 1. The molecular weight excluding hydrogens is 210 g/mol. The van der Waals surface area contributed by atoms with Crippen LogP contribution >= 0.6 is 11.8 Å². The van der Waals surface area contributed by atoms with Gasteiger partial charge in [0.25, 0.3) is 0 Å². The molecule has 76 valence electrons. The van der Waals surface area contributed by atoms with Crippen LogP contribution in [0.3, 0.4) is 0 Å². The molecule has 0 atom stereocenters. The number of hydrogen-bond acceptors (Lipinski definition) is 4. The summed E-state index contributed by atoms with van der Waals surface area (Å²) in [5, 5.41) is 0.640. The van der Waals surface area contributed by atoms with E-state index < -0.39 is 0 Å². The lowest BCUT2D eigenvalue weighted by atomic mass is 10.3. The minimum atomic E-state index is -0.305. The van der Waals surface area contributed by atoms with Gasteiger partial charge in [0, 0.05) is 0 Å². The standard InChI is InChI=1S/C10H9N3OS/c1-15-10-12-7-11-9(14)13(10)8-5-3-2-4-6-8/h2-7H,1H3. The molecule has 0 radical (unpaired) electrons. The maximum atomic E-state index is 11.6. The summed E-state index contributed by atoms with van der Waals surface area (Å²) in [7, 11) is 0. The topological polar surface area (TPSA) is 47.8 Å². The van der Waals surface area contributed by atoms with Gasteiger partial charge in [0.05, 0.1) is 5.69 Å². The first-order valence-electron chi connectivity index (χ1n) is 4.36. The zero-order valence-corrected chi connectivity index (χ0v) is 8.94. The normalized spacial score (nSPS) is 10.2. The highest BCUT2D eigenvalue weighted by molar-refractivity contribution is 7.98. The summed E-state index contributed by atoms with van der Waals surface area (Å²) in [6, 6.07) is 9.35. The van der Waals surface area contributed by atoms with Crippen LogP contribution in [0.5, 0.6) is 0 Å². The molecular formula is C10H9N3OS. The van der Waals surface area contributed by atoms with E-state index in [0.29, 0.717) is 5.16 Å².